The second kappa shape index (κ2) is 13.9. The number of amides is 4. The van der Waals surface area contributed by atoms with Gasteiger partial charge in [0, 0.05) is 21.9 Å². The molecule has 7 rings (SSSR count). The van der Waals surface area contributed by atoms with Crippen LogP contribution in [0.15, 0.2) is 72.8 Å². The van der Waals surface area contributed by atoms with Crippen molar-refractivity contribution in [2.45, 2.75) is 79.1 Å². The average molecular weight is 697 g/mol. The lowest BCUT2D eigenvalue weighted by atomic mass is 9.83. The van der Waals surface area contributed by atoms with Crippen LogP contribution in [-0.2, 0) is 9.47 Å². The summed E-state index contributed by atoms with van der Waals surface area (Å²) in [6, 6.07) is 23.0. The highest BCUT2D eigenvalue weighted by atomic mass is 16.6. The minimum Gasteiger partial charge on any atom is -0.449 e. The van der Waals surface area contributed by atoms with Crippen molar-refractivity contribution in [2.75, 3.05) is 23.0 Å². The average Bonchev–Trinajstić information content (AvgIpc) is 3.13. The molecule has 8 nitrogen and oxygen atoms in total. The van der Waals surface area contributed by atoms with Crippen LogP contribution in [0.4, 0.5) is 21.0 Å². The maximum atomic E-state index is 14.6. The van der Waals surface area contributed by atoms with Gasteiger partial charge in [-0.2, -0.15) is 4.90 Å². The predicted octanol–water partition coefficient (Wildman–Crippen LogP) is 11.5. The van der Waals surface area contributed by atoms with E-state index in [1.807, 2.05) is 80.6 Å². The highest BCUT2D eigenvalue weighted by Gasteiger charge is 2.38. The Morgan fingerprint density at radius 1 is 0.596 bits per heavy atom. The van der Waals surface area contributed by atoms with E-state index in [9.17, 15) is 19.2 Å². The number of unbranched alkanes of at least 4 members (excludes halogenated alkanes) is 2. The molecule has 6 aromatic carbocycles. The Kier molecular flexibility index (Phi) is 9.34. The zero-order valence-corrected chi connectivity index (χ0v) is 30.7. The van der Waals surface area contributed by atoms with Gasteiger partial charge in [0.05, 0.1) is 24.6 Å². The summed E-state index contributed by atoms with van der Waals surface area (Å²) in [5.41, 5.74) is 3.91. The maximum Gasteiger partial charge on any atom is 0.424 e. The number of carbonyl (C=O) groups is 4. The molecule has 0 N–H and O–H groups in total. The molecule has 0 radical (unpaired) electrons. The van der Waals surface area contributed by atoms with Crippen LogP contribution in [0.25, 0.3) is 43.1 Å². The first-order valence-corrected chi connectivity index (χ1v) is 18.4. The van der Waals surface area contributed by atoms with Crippen LogP contribution >= 0.6 is 0 Å². The SMILES string of the molecule is CCCCOC(=O)N(C(=O)OCCCC)c1ccc2c3ccc4c5c(ccc(c6cccc1c62)c53)C(=O)N(c1c(C(C)C)cccc1C(C)C)C4=O. The summed E-state index contributed by atoms with van der Waals surface area (Å²) < 4.78 is 11.1. The van der Waals surface area contributed by atoms with Gasteiger partial charge in [-0.3, -0.25) is 9.59 Å². The number of rotatable bonds is 10. The minimum absolute atomic E-state index is 0.0975. The zero-order valence-electron chi connectivity index (χ0n) is 30.7. The zero-order chi connectivity index (χ0) is 36.8. The van der Waals surface area contributed by atoms with Crippen molar-refractivity contribution >= 4 is 78.5 Å². The first kappa shape index (κ1) is 34.9. The molecule has 0 aromatic heterocycles. The minimum atomic E-state index is -0.786. The largest absolute Gasteiger partial charge is 0.449 e. The van der Waals surface area contributed by atoms with Gasteiger partial charge < -0.3 is 9.47 Å². The molecule has 1 aliphatic heterocycles. The van der Waals surface area contributed by atoms with Gasteiger partial charge in [0.15, 0.2) is 0 Å². The molecule has 52 heavy (non-hydrogen) atoms. The van der Waals surface area contributed by atoms with Crippen LogP contribution < -0.4 is 9.80 Å². The van der Waals surface area contributed by atoms with Crippen molar-refractivity contribution in [1.29, 1.82) is 0 Å². The summed E-state index contributed by atoms with van der Waals surface area (Å²) in [7, 11) is 0. The van der Waals surface area contributed by atoms with Gasteiger partial charge >= 0.3 is 12.2 Å². The number of nitrogens with zero attached hydrogens (tertiary/aromatic N) is 2. The Hall–Kier alpha value is -5.50. The molecule has 0 fully saturated rings. The van der Waals surface area contributed by atoms with Crippen molar-refractivity contribution < 1.29 is 28.7 Å². The number of imide groups is 2. The molecule has 8 heteroatoms. The van der Waals surface area contributed by atoms with E-state index in [-0.39, 0.29) is 36.9 Å². The third-order valence-corrected chi connectivity index (χ3v) is 10.2. The van der Waals surface area contributed by atoms with E-state index in [0.29, 0.717) is 46.1 Å². The second-order valence-corrected chi connectivity index (χ2v) is 14.2. The van der Waals surface area contributed by atoms with Gasteiger partial charge in [-0.15, -0.1) is 0 Å². The standard InChI is InChI=1S/C44H44N2O6/c1-7-9-23-51-43(49)45(44(50)52-24-10-8-2)36-22-21-30-32-18-20-35-39-34(19-17-31(38(32)39)29-15-12-16-33(36)37(29)30)41(47)46(42(35)48)40-27(25(3)4)13-11-14-28(40)26(5)6/h11-22,25-26H,7-10,23-24H2,1-6H3. The van der Waals surface area contributed by atoms with Crippen LogP contribution in [0.5, 0.6) is 0 Å². The fourth-order valence-corrected chi connectivity index (χ4v) is 7.65. The summed E-state index contributed by atoms with van der Waals surface area (Å²) >= 11 is 0. The lowest BCUT2D eigenvalue weighted by molar-refractivity contribution is 0.0892. The first-order valence-electron chi connectivity index (χ1n) is 18.4. The van der Waals surface area contributed by atoms with Gasteiger partial charge in [-0.25, -0.2) is 14.5 Å². The number of ether oxygens (including phenoxy) is 2. The van der Waals surface area contributed by atoms with Crippen LogP contribution in [0.3, 0.4) is 0 Å². The van der Waals surface area contributed by atoms with Crippen molar-refractivity contribution in [1.82, 2.24) is 0 Å². The number of benzene rings is 6. The summed E-state index contributed by atoms with van der Waals surface area (Å²) in [6.45, 7) is 12.7. The van der Waals surface area contributed by atoms with E-state index < -0.39 is 12.2 Å². The summed E-state index contributed by atoms with van der Waals surface area (Å²) in [4.78, 5) is 58.5. The van der Waals surface area contributed by atoms with Crippen molar-refractivity contribution in [2.24, 2.45) is 0 Å². The summed E-state index contributed by atoms with van der Waals surface area (Å²) in [5.74, 6) is -0.482. The van der Waals surface area contributed by atoms with Crippen molar-refractivity contribution in [3.63, 3.8) is 0 Å². The number of fused-ring (bicyclic) bond motifs is 2. The van der Waals surface area contributed by atoms with E-state index in [1.165, 1.54) is 4.90 Å². The number of carbonyl (C=O) groups excluding carboxylic acids is 4. The van der Waals surface area contributed by atoms with Gasteiger partial charge in [-0.1, -0.05) is 109 Å². The molecule has 266 valence electrons. The second-order valence-electron chi connectivity index (χ2n) is 14.2. The quantitative estimate of drug-likeness (QED) is 0.0612. The van der Waals surface area contributed by atoms with Gasteiger partial charge in [0.1, 0.15) is 0 Å². The lowest BCUT2D eigenvalue weighted by Gasteiger charge is -2.32. The number of hydrogen-bond acceptors (Lipinski definition) is 6. The van der Waals surface area contributed by atoms with Gasteiger partial charge in [-0.05, 0) is 86.3 Å². The van der Waals surface area contributed by atoms with Crippen molar-refractivity contribution in [3.8, 4) is 0 Å². The van der Waals surface area contributed by atoms with Gasteiger partial charge in [0.25, 0.3) is 11.8 Å². The topological polar surface area (TPSA) is 93.2 Å². The molecular weight excluding hydrogens is 652 g/mol. The number of hydrogen-bond donors (Lipinski definition) is 0. The monoisotopic (exact) mass is 696 g/mol. The van der Waals surface area contributed by atoms with Crippen molar-refractivity contribution in [3.05, 3.63) is 95.1 Å². The molecule has 1 aliphatic rings. The molecule has 0 unspecified atom stereocenters. The van der Waals surface area contributed by atoms with Crippen LogP contribution in [0.2, 0.25) is 0 Å². The molecule has 4 amide bonds. The number of anilines is 2. The molecule has 0 bridgehead atoms. The highest BCUT2D eigenvalue weighted by molar-refractivity contribution is 6.43. The van der Waals surface area contributed by atoms with E-state index >= 15 is 0 Å². The third kappa shape index (κ3) is 5.52. The highest BCUT2D eigenvalue weighted by Crippen LogP contribution is 2.47. The van der Waals surface area contributed by atoms with E-state index in [0.717, 1.165) is 61.2 Å². The fourth-order valence-electron chi connectivity index (χ4n) is 7.65. The molecule has 1 heterocycles. The molecule has 0 saturated carbocycles. The van der Waals surface area contributed by atoms with Crippen LogP contribution in [0, 0.1) is 0 Å². The van der Waals surface area contributed by atoms with E-state index in [2.05, 4.69) is 27.7 Å². The molecule has 0 aliphatic carbocycles. The van der Waals surface area contributed by atoms with Crippen LogP contribution in [0.1, 0.15) is 111 Å². The summed E-state index contributed by atoms with van der Waals surface area (Å²) in [6.07, 6.45) is 1.44. The Morgan fingerprint density at radius 2 is 1.06 bits per heavy atom. The summed E-state index contributed by atoms with van der Waals surface area (Å²) in [5, 5.41) is 6.49. The lowest BCUT2D eigenvalue weighted by Crippen LogP contribution is -2.41. The molecule has 0 spiro atoms. The maximum absolute atomic E-state index is 14.6. The normalized spacial score (nSPS) is 13.0. The number of para-hydroxylation sites is 1. The Bertz CT molecular complexity index is 2270. The molecule has 0 saturated heterocycles. The van der Waals surface area contributed by atoms with Crippen LogP contribution in [-0.4, -0.2) is 37.2 Å². The smallest absolute Gasteiger partial charge is 0.424 e. The first-order chi connectivity index (χ1) is 25.1. The predicted molar refractivity (Wildman–Crippen MR) is 208 cm³/mol. The Morgan fingerprint density at radius 3 is 1.58 bits per heavy atom. The fraction of sp³-hybridized carbons (Fsp3) is 0.318. The molecule has 6 aromatic rings. The Balaban J connectivity index is 1.43. The third-order valence-electron chi connectivity index (χ3n) is 10.2. The van der Waals surface area contributed by atoms with Gasteiger partial charge in [0.2, 0.25) is 0 Å². The van der Waals surface area contributed by atoms with E-state index in [1.54, 1.807) is 6.07 Å². The Labute approximate surface area is 303 Å². The molecular formula is C44H44N2O6. The molecule has 0 atom stereocenters. The van der Waals surface area contributed by atoms with E-state index in [4.69, 9.17) is 9.47 Å².